The van der Waals surface area contributed by atoms with Gasteiger partial charge in [-0.25, -0.2) is 13.1 Å². The minimum atomic E-state index is -3.81. The zero-order chi connectivity index (χ0) is 19.4. The normalized spacial score (nSPS) is 11.3. The largest absolute Gasteiger partial charge is 0.366 e. The number of amides is 1. The summed E-state index contributed by atoms with van der Waals surface area (Å²) < 4.78 is 27.6. The highest BCUT2D eigenvalue weighted by Gasteiger charge is 2.19. The van der Waals surface area contributed by atoms with E-state index in [1.807, 2.05) is 0 Å². The Balaban J connectivity index is 1.90. The maximum absolute atomic E-state index is 12.6. The predicted molar refractivity (Wildman–Crippen MR) is 104 cm³/mol. The lowest BCUT2D eigenvalue weighted by atomic mass is 9.99. The molecule has 0 aliphatic heterocycles. The van der Waals surface area contributed by atoms with Gasteiger partial charge in [-0.2, -0.15) is 0 Å². The van der Waals surface area contributed by atoms with Crippen molar-refractivity contribution in [3.8, 4) is 11.1 Å². The van der Waals surface area contributed by atoms with E-state index in [0.29, 0.717) is 16.7 Å². The Morgan fingerprint density at radius 2 is 1.78 bits per heavy atom. The second-order valence-corrected chi connectivity index (χ2v) is 7.88. The third-order valence-electron chi connectivity index (χ3n) is 3.94. The average molecular weight is 402 g/mol. The molecule has 0 saturated heterocycles. The molecule has 1 heterocycles. The van der Waals surface area contributed by atoms with Gasteiger partial charge in [-0.1, -0.05) is 35.9 Å². The monoisotopic (exact) mass is 401 g/mol. The van der Waals surface area contributed by atoms with Crippen molar-refractivity contribution in [2.45, 2.75) is 11.4 Å². The van der Waals surface area contributed by atoms with Gasteiger partial charge in [0.1, 0.15) is 4.90 Å². The maximum atomic E-state index is 12.6. The predicted octanol–water partition coefficient (Wildman–Crippen LogP) is 2.98. The molecule has 1 aromatic heterocycles. The van der Waals surface area contributed by atoms with Crippen molar-refractivity contribution in [1.82, 2.24) is 9.71 Å². The fourth-order valence-corrected chi connectivity index (χ4v) is 4.15. The summed E-state index contributed by atoms with van der Waals surface area (Å²) in [5, 5.41) is 0.0500. The molecular weight excluding hydrogens is 386 g/mol. The van der Waals surface area contributed by atoms with Gasteiger partial charge in [-0.05, 0) is 47.0 Å². The van der Waals surface area contributed by atoms with Gasteiger partial charge in [0.15, 0.2) is 0 Å². The molecule has 0 aliphatic carbocycles. The van der Waals surface area contributed by atoms with Crippen LogP contribution in [0.3, 0.4) is 0 Å². The van der Waals surface area contributed by atoms with Crippen LogP contribution in [-0.2, 0) is 16.6 Å². The van der Waals surface area contributed by atoms with E-state index in [4.69, 9.17) is 17.3 Å². The van der Waals surface area contributed by atoms with Crippen LogP contribution in [0.5, 0.6) is 0 Å². The molecule has 0 spiro atoms. The minimum absolute atomic E-state index is 0.0430. The van der Waals surface area contributed by atoms with E-state index in [1.54, 1.807) is 54.9 Å². The van der Waals surface area contributed by atoms with E-state index in [1.165, 1.54) is 12.1 Å². The van der Waals surface area contributed by atoms with E-state index in [2.05, 4.69) is 9.71 Å². The molecule has 6 nitrogen and oxygen atoms in total. The molecule has 0 saturated carbocycles. The quantitative estimate of drug-likeness (QED) is 0.662. The Morgan fingerprint density at radius 3 is 2.44 bits per heavy atom. The number of primary amides is 1. The van der Waals surface area contributed by atoms with Crippen LogP contribution in [0.25, 0.3) is 11.1 Å². The number of nitrogens with zero attached hydrogens (tertiary/aromatic N) is 1. The van der Waals surface area contributed by atoms with Crippen LogP contribution in [0, 0.1) is 0 Å². The van der Waals surface area contributed by atoms with Crippen LogP contribution in [-0.4, -0.2) is 19.3 Å². The molecule has 0 aliphatic rings. The number of nitrogens with one attached hydrogen (secondary N) is 1. The van der Waals surface area contributed by atoms with Crippen molar-refractivity contribution in [3.05, 3.63) is 83.1 Å². The summed E-state index contributed by atoms with van der Waals surface area (Å²) in [7, 11) is -3.81. The molecule has 3 aromatic rings. The smallest absolute Gasteiger partial charge is 0.249 e. The summed E-state index contributed by atoms with van der Waals surface area (Å²) in [6.45, 7) is 0.118. The Labute approximate surface area is 162 Å². The number of pyridine rings is 1. The topological polar surface area (TPSA) is 102 Å². The number of aromatic nitrogens is 1. The van der Waals surface area contributed by atoms with Gasteiger partial charge in [-0.3, -0.25) is 9.78 Å². The summed E-state index contributed by atoms with van der Waals surface area (Å²) in [6.07, 6.45) is 3.17. The van der Waals surface area contributed by atoms with Gasteiger partial charge in [-0.15, -0.1) is 0 Å². The molecule has 138 valence electrons. The summed E-state index contributed by atoms with van der Waals surface area (Å²) >= 11 is 6.23. The molecule has 1 amide bonds. The summed E-state index contributed by atoms with van der Waals surface area (Å²) in [4.78, 5) is 15.5. The van der Waals surface area contributed by atoms with Crippen LogP contribution in [0.4, 0.5) is 0 Å². The lowest BCUT2D eigenvalue weighted by Crippen LogP contribution is -2.23. The highest BCUT2D eigenvalue weighted by molar-refractivity contribution is 7.89. The Kier molecular flexibility index (Phi) is 5.55. The third kappa shape index (κ3) is 4.33. The van der Waals surface area contributed by atoms with Gasteiger partial charge in [0.25, 0.3) is 0 Å². The lowest BCUT2D eigenvalue weighted by Gasteiger charge is -2.11. The van der Waals surface area contributed by atoms with Gasteiger partial charge in [0.2, 0.25) is 15.9 Å². The summed E-state index contributed by atoms with van der Waals surface area (Å²) in [5.74, 6) is -0.572. The van der Waals surface area contributed by atoms with Crippen molar-refractivity contribution in [2.24, 2.45) is 5.73 Å². The molecule has 0 radical (unpaired) electrons. The fraction of sp³-hybridized carbons (Fsp3) is 0.0526. The van der Waals surface area contributed by atoms with Crippen molar-refractivity contribution >= 4 is 27.5 Å². The van der Waals surface area contributed by atoms with Crippen LogP contribution in [0.1, 0.15) is 15.9 Å². The Hall–Kier alpha value is -2.74. The molecule has 0 unspecified atom stereocenters. The highest BCUT2D eigenvalue weighted by Crippen LogP contribution is 2.30. The molecule has 0 atom stereocenters. The number of nitrogens with two attached hydrogens (primary N) is 1. The SMILES string of the molecule is NC(=O)c1ccccc1-c1ccc(S(=O)(=O)NCc2ccncc2)c(Cl)c1. The fourth-order valence-electron chi connectivity index (χ4n) is 2.59. The number of halogens is 1. The first-order chi connectivity index (χ1) is 12.9. The van der Waals surface area contributed by atoms with Gasteiger partial charge in [0.05, 0.1) is 5.02 Å². The second-order valence-electron chi connectivity index (χ2n) is 5.74. The standard InChI is InChI=1S/C19H16ClN3O3S/c20-17-11-14(15-3-1-2-4-16(15)19(21)24)5-6-18(17)27(25,26)23-12-13-7-9-22-10-8-13/h1-11,23H,12H2,(H2,21,24). The molecule has 8 heteroatoms. The van der Waals surface area contributed by atoms with Crippen LogP contribution in [0.2, 0.25) is 5.02 Å². The van der Waals surface area contributed by atoms with E-state index >= 15 is 0 Å². The molecule has 27 heavy (non-hydrogen) atoms. The van der Waals surface area contributed by atoms with E-state index in [9.17, 15) is 13.2 Å². The van der Waals surface area contributed by atoms with Crippen LogP contribution in [0.15, 0.2) is 71.9 Å². The van der Waals surface area contributed by atoms with Crippen molar-refractivity contribution in [3.63, 3.8) is 0 Å². The molecular formula is C19H16ClN3O3S. The molecule has 2 aromatic carbocycles. The molecule has 3 rings (SSSR count). The first-order valence-electron chi connectivity index (χ1n) is 7.96. The zero-order valence-corrected chi connectivity index (χ0v) is 15.7. The highest BCUT2D eigenvalue weighted by atomic mass is 35.5. The maximum Gasteiger partial charge on any atom is 0.249 e. The zero-order valence-electron chi connectivity index (χ0n) is 14.1. The number of sulfonamides is 1. The summed E-state index contributed by atoms with van der Waals surface area (Å²) in [6, 6.07) is 14.7. The number of rotatable bonds is 6. The number of hydrogen-bond donors (Lipinski definition) is 2. The average Bonchev–Trinajstić information content (AvgIpc) is 2.67. The summed E-state index contributed by atoms with van der Waals surface area (Å²) in [5.41, 5.74) is 7.69. The molecule has 0 fully saturated rings. The molecule has 0 bridgehead atoms. The Morgan fingerprint density at radius 1 is 1.07 bits per heavy atom. The molecule has 3 N–H and O–H groups in total. The number of benzene rings is 2. The second kappa shape index (κ2) is 7.87. The third-order valence-corrected chi connectivity index (χ3v) is 5.82. The number of hydrogen-bond acceptors (Lipinski definition) is 4. The minimum Gasteiger partial charge on any atom is -0.366 e. The van der Waals surface area contributed by atoms with Crippen molar-refractivity contribution in [2.75, 3.05) is 0 Å². The van der Waals surface area contributed by atoms with Gasteiger partial charge < -0.3 is 5.73 Å². The van der Waals surface area contributed by atoms with E-state index < -0.39 is 15.9 Å². The van der Waals surface area contributed by atoms with Gasteiger partial charge >= 0.3 is 0 Å². The number of carbonyl (C=O) groups is 1. The Bertz CT molecular complexity index is 1090. The van der Waals surface area contributed by atoms with Crippen LogP contribution < -0.4 is 10.5 Å². The first-order valence-corrected chi connectivity index (χ1v) is 9.82. The van der Waals surface area contributed by atoms with Crippen LogP contribution >= 0.6 is 11.6 Å². The van der Waals surface area contributed by atoms with Gasteiger partial charge in [0, 0.05) is 24.5 Å². The first kappa shape index (κ1) is 19.0. The van der Waals surface area contributed by atoms with E-state index in [-0.39, 0.29) is 16.5 Å². The lowest BCUT2D eigenvalue weighted by molar-refractivity contribution is 0.100. The van der Waals surface area contributed by atoms with Crippen molar-refractivity contribution < 1.29 is 13.2 Å². The number of carbonyl (C=O) groups excluding carboxylic acids is 1. The van der Waals surface area contributed by atoms with E-state index in [0.717, 1.165) is 5.56 Å². The van der Waals surface area contributed by atoms with Crippen molar-refractivity contribution in [1.29, 1.82) is 0 Å².